The van der Waals surface area contributed by atoms with E-state index < -0.39 is 17.3 Å². The third-order valence-corrected chi connectivity index (χ3v) is 1.72. The zero-order valence-electron chi connectivity index (χ0n) is 9.62. The van der Waals surface area contributed by atoms with Crippen LogP contribution in [-0.4, -0.2) is 34.1 Å². The number of carbonyl (C=O) groups excluding carboxylic acids is 1. The van der Waals surface area contributed by atoms with Gasteiger partial charge in [0.1, 0.15) is 5.60 Å². The molecule has 1 atom stereocenters. The lowest BCUT2D eigenvalue weighted by molar-refractivity contribution is -0.177. The highest BCUT2D eigenvalue weighted by Gasteiger charge is 2.34. The van der Waals surface area contributed by atoms with Gasteiger partial charge in [0.05, 0.1) is 0 Å². The summed E-state index contributed by atoms with van der Waals surface area (Å²) in [4.78, 5) is 11.4. The summed E-state index contributed by atoms with van der Waals surface area (Å²) in [5.74, 6) is -0.826. The monoisotopic (exact) mass is 219 g/mol. The van der Waals surface area contributed by atoms with E-state index in [-0.39, 0.29) is 13.0 Å². The van der Waals surface area contributed by atoms with Crippen LogP contribution in [0, 0.1) is 0 Å². The second-order valence-electron chi connectivity index (χ2n) is 4.61. The predicted octanol–water partition coefficient (Wildman–Crippen LogP) is 0.138. The molecule has 0 heterocycles. The van der Waals surface area contributed by atoms with E-state index in [1.54, 1.807) is 20.8 Å². The molecule has 0 radical (unpaired) electrons. The Morgan fingerprint density at radius 1 is 1.33 bits per heavy atom. The van der Waals surface area contributed by atoms with Crippen molar-refractivity contribution in [3.63, 3.8) is 0 Å². The molecule has 1 unspecified atom stereocenters. The molecule has 0 fully saturated rings. The van der Waals surface area contributed by atoms with Gasteiger partial charge in [-0.2, -0.15) is 0 Å². The number of aliphatic hydroxyl groups is 2. The molecule has 4 N–H and O–H groups in total. The first-order valence-corrected chi connectivity index (χ1v) is 5.04. The lowest BCUT2D eigenvalue weighted by Gasteiger charge is -2.27. The SMILES string of the molecule is CC(C)(C)OC(=O)C(N)(O)CCCCO. The Morgan fingerprint density at radius 2 is 1.87 bits per heavy atom. The molecule has 0 aliphatic carbocycles. The molecule has 90 valence electrons. The molecule has 5 heteroatoms. The first kappa shape index (κ1) is 14.3. The van der Waals surface area contributed by atoms with Crippen LogP contribution in [0.2, 0.25) is 0 Å². The number of carbonyl (C=O) groups is 1. The van der Waals surface area contributed by atoms with E-state index in [2.05, 4.69) is 0 Å². The van der Waals surface area contributed by atoms with Gasteiger partial charge in [-0.25, -0.2) is 4.79 Å². The lowest BCUT2D eigenvalue weighted by atomic mass is 10.1. The van der Waals surface area contributed by atoms with Gasteiger partial charge in [-0.05, 0) is 33.6 Å². The van der Waals surface area contributed by atoms with Crippen molar-refractivity contribution < 1.29 is 19.7 Å². The van der Waals surface area contributed by atoms with E-state index in [1.165, 1.54) is 0 Å². The van der Waals surface area contributed by atoms with Gasteiger partial charge >= 0.3 is 5.97 Å². The minimum atomic E-state index is -1.96. The molecule has 0 bridgehead atoms. The molecule has 0 spiro atoms. The van der Waals surface area contributed by atoms with Gasteiger partial charge in [-0.15, -0.1) is 0 Å². The molecule has 0 aromatic rings. The summed E-state index contributed by atoms with van der Waals surface area (Å²) < 4.78 is 4.96. The van der Waals surface area contributed by atoms with E-state index >= 15 is 0 Å². The molecule has 0 amide bonds. The van der Waals surface area contributed by atoms with Gasteiger partial charge in [-0.1, -0.05) is 0 Å². The molecule has 15 heavy (non-hydrogen) atoms. The Hall–Kier alpha value is -0.650. The van der Waals surface area contributed by atoms with Gasteiger partial charge in [-0.3, -0.25) is 5.73 Å². The number of hydrogen-bond donors (Lipinski definition) is 3. The highest BCUT2D eigenvalue weighted by atomic mass is 16.6. The van der Waals surface area contributed by atoms with E-state index in [0.717, 1.165) is 0 Å². The number of esters is 1. The average Bonchev–Trinajstić information content (AvgIpc) is 2.01. The van der Waals surface area contributed by atoms with Crippen LogP contribution in [0.5, 0.6) is 0 Å². The van der Waals surface area contributed by atoms with Crippen molar-refractivity contribution in [1.82, 2.24) is 0 Å². The first-order valence-electron chi connectivity index (χ1n) is 5.04. The van der Waals surface area contributed by atoms with Crippen molar-refractivity contribution in [3.05, 3.63) is 0 Å². The Labute approximate surface area is 90.2 Å². The Morgan fingerprint density at radius 3 is 2.27 bits per heavy atom. The molecule has 0 aromatic carbocycles. The van der Waals surface area contributed by atoms with Crippen LogP contribution < -0.4 is 5.73 Å². The van der Waals surface area contributed by atoms with Gasteiger partial charge in [0, 0.05) is 13.0 Å². The first-order chi connectivity index (χ1) is 6.69. The van der Waals surface area contributed by atoms with E-state index in [1.807, 2.05) is 0 Å². The summed E-state index contributed by atoms with van der Waals surface area (Å²) in [5, 5.41) is 18.1. The molecule has 5 nitrogen and oxygen atoms in total. The van der Waals surface area contributed by atoms with Crippen molar-refractivity contribution >= 4 is 5.97 Å². The topological polar surface area (TPSA) is 92.8 Å². The van der Waals surface area contributed by atoms with Crippen LogP contribution in [0.25, 0.3) is 0 Å². The average molecular weight is 219 g/mol. The fraction of sp³-hybridized carbons (Fsp3) is 0.900. The third-order valence-electron chi connectivity index (χ3n) is 1.72. The summed E-state index contributed by atoms with van der Waals surface area (Å²) in [6.45, 7) is 5.13. The van der Waals surface area contributed by atoms with E-state index in [9.17, 15) is 9.90 Å². The van der Waals surface area contributed by atoms with Crippen molar-refractivity contribution in [2.24, 2.45) is 5.73 Å². The molecular formula is C10H21NO4. The minimum Gasteiger partial charge on any atom is -0.457 e. The predicted molar refractivity (Wildman–Crippen MR) is 55.9 cm³/mol. The van der Waals surface area contributed by atoms with E-state index in [4.69, 9.17) is 15.6 Å². The van der Waals surface area contributed by atoms with Crippen LogP contribution in [0.4, 0.5) is 0 Å². The quantitative estimate of drug-likeness (QED) is 0.347. The number of aliphatic hydroxyl groups excluding tert-OH is 1. The summed E-state index contributed by atoms with van der Waals surface area (Å²) >= 11 is 0. The Balaban J connectivity index is 4.14. The largest absolute Gasteiger partial charge is 0.457 e. The summed E-state index contributed by atoms with van der Waals surface area (Å²) in [6, 6.07) is 0. The Kier molecular flexibility index (Phi) is 5.20. The summed E-state index contributed by atoms with van der Waals surface area (Å²) in [6.07, 6.45) is 1.06. The van der Waals surface area contributed by atoms with Crippen molar-refractivity contribution in [2.45, 2.75) is 51.4 Å². The van der Waals surface area contributed by atoms with E-state index in [0.29, 0.717) is 12.8 Å². The molecule has 0 aromatic heterocycles. The van der Waals surface area contributed by atoms with Crippen LogP contribution in [-0.2, 0) is 9.53 Å². The second-order valence-corrected chi connectivity index (χ2v) is 4.61. The van der Waals surface area contributed by atoms with Gasteiger partial charge < -0.3 is 14.9 Å². The summed E-state index contributed by atoms with van der Waals surface area (Å²) in [5.41, 5.74) is 2.79. The normalized spacial score (nSPS) is 15.9. The maximum absolute atomic E-state index is 11.4. The Bertz CT molecular complexity index is 208. The summed E-state index contributed by atoms with van der Waals surface area (Å²) in [7, 11) is 0. The lowest BCUT2D eigenvalue weighted by Crippen LogP contribution is -2.51. The molecule has 0 aliphatic heterocycles. The highest BCUT2D eigenvalue weighted by molar-refractivity contribution is 5.78. The fourth-order valence-electron chi connectivity index (χ4n) is 0.975. The van der Waals surface area contributed by atoms with Crippen LogP contribution in [0.3, 0.4) is 0 Å². The minimum absolute atomic E-state index is 0.0183. The zero-order valence-corrected chi connectivity index (χ0v) is 9.62. The molecule has 0 saturated carbocycles. The number of rotatable bonds is 5. The van der Waals surface area contributed by atoms with Crippen LogP contribution in [0.15, 0.2) is 0 Å². The zero-order chi connectivity index (χ0) is 12.1. The van der Waals surface area contributed by atoms with Crippen LogP contribution >= 0.6 is 0 Å². The number of hydrogen-bond acceptors (Lipinski definition) is 5. The van der Waals surface area contributed by atoms with Crippen molar-refractivity contribution in [3.8, 4) is 0 Å². The van der Waals surface area contributed by atoms with Gasteiger partial charge in [0.15, 0.2) is 0 Å². The molecular weight excluding hydrogens is 198 g/mol. The smallest absolute Gasteiger partial charge is 0.353 e. The number of nitrogens with two attached hydrogens (primary N) is 1. The van der Waals surface area contributed by atoms with Crippen molar-refractivity contribution in [2.75, 3.05) is 6.61 Å². The number of unbranched alkanes of at least 4 members (excludes halogenated alkanes) is 1. The van der Waals surface area contributed by atoms with Crippen molar-refractivity contribution in [1.29, 1.82) is 0 Å². The third kappa shape index (κ3) is 6.43. The van der Waals surface area contributed by atoms with Gasteiger partial charge in [0.2, 0.25) is 5.72 Å². The standard InChI is InChI=1S/C10H21NO4/c1-9(2,3)15-8(13)10(11,14)6-4-5-7-12/h12,14H,4-7,11H2,1-3H3. The van der Waals surface area contributed by atoms with Crippen LogP contribution in [0.1, 0.15) is 40.0 Å². The number of ether oxygens (including phenoxy) is 1. The highest BCUT2D eigenvalue weighted by Crippen LogP contribution is 2.15. The molecule has 0 saturated heterocycles. The second kappa shape index (κ2) is 5.44. The fourth-order valence-corrected chi connectivity index (χ4v) is 0.975. The molecule has 0 rings (SSSR count). The molecule has 0 aliphatic rings. The van der Waals surface area contributed by atoms with Gasteiger partial charge in [0.25, 0.3) is 0 Å². The maximum Gasteiger partial charge on any atom is 0.353 e. The maximum atomic E-state index is 11.4.